The number of carboxylic acid groups (broad SMARTS) is 1. The van der Waals surface area contributed by atoms with Gasteiger partial charge in [-0.05, 0) is 37.1 Å². The van der Waals surface area contributed by atoms with Crippen molar-refractivity contribution in [3.63, 3.8) is 0 Å². The van der Waals surface area contributed by atoms with Gasteiger partial charge in [-0.2, -0.15) is 0 Å². The molecule has 2 aliphatic heterocycles. The van der Waals surface area contributed by atoms with Gasteiger partial charge in [0.05, 0.1) is 0 Å². The van der Waals surface area contributed by atoms with Gasteiger partial charge in [0.25, 0.3) is 5.91 Å². The van der Waals surface area contributed by atoms with Gasteiger partial charge in [-0.15, -0.1) is 11.8 Å². The first-order valence-corrected chi connectivity index (χ1v) is 8.05. The highest BCUT2D eigenvalue weighted by Gasteiger charge is 2.31. The SMILES string of the molecule is O=C(O)N1CC(Sc2ccc(C(=O)N3CCCC3)cc2)C1. The van der Waals surface area contributed by atoms with Gasteiger partial charge in [-0.1, -0.05) is 0 Å². The van der Waals surface area contributed by atoms with Crippen LogP contribution in [0.3, 0.4) is 0 Å². The molecule has 2 fully saturated rings. The Bertz CT molecular complexity index is 534. The third-order valence-electron chi connectivity index (χ3n) is 3.92. The number of benzene rings is 1. The number of thioether (sulfide) groups is 1. The van der Waals surface area contributed by atoms with Crippen molar-refractivity contribution in [1.82, 2.24) is 9.80 Å². The monoisotopic (exact) mass is 306 g/mol. The van der Waals surface area contributed by atoms with Crippen LogP contribution in [0.25, 0.3) is 0 Å². The van der Waals surface area contributed by atoms with Crippen LogP contribution >= 0.6 is 11.8 Å². The zero-order valence-electron chi connectivity index (χ0n) is 11.7. The summed E-state index contributed by atoms with van der Waals surface area (Å²) in [5, 5.41) is 9.11. The van der Waals surface area contributed by atoms with E-state index in [0.29, 0.717) is 18.3 Å². The summed E-state index contributed by atoms with van der Waals surface area (Å²) in [6, 6.07) is 7.65. The Morgan fingerprint density at radius 2 is 1.67 bits per heavy atom. The first-order valence-electron chi connectivity index (χ1n) is 7.17. The molecule has 0 saturated carbocycles. The molecular formula is C15H18N2O3S. The lowest BCUT2D eigenvalue weighted by Crippen LogP contribution is -2.51. The number of hydrogen-bond donors (Lipinski definition) is 1. The lowest BCUT2D eigenvalue weighted by molar-refractivity contribution is 0.0792. The van der Waals surface area contributed by atoms with E-state index < -0.39 is 6.09 Å². The second-order valence-electron chi connectivity index (χ2n) is 5.45. The fourth-order valence-corrected chi connectivity index (χ4v) is 3.83. The summed E-state index contributed by atoms with van der Waals surface area (Å²) < 4.78 is 0. The maximum Gasteiger partial charge on any atom is 0.407 e. The normalized spacial score (nSPS) is 18.7. The molecule has 1 aromatic carbocycles. The van der Waals surface area contributed by atoms with Gasteiger partial charge < -0.3 is 14.9 Å². The van der Waals surface area contributed by atoms with Crippen LogP contribution in [0.4, 0.5) is 4.79 Å². The quantitative estimate of drug-likeness (QED) is 0.931. The first kappa shape index (κ1) is 14.3. The summed E-state index contributed by atoms with van der Waals surface area (Å²) >= 11 is 1.67. The van der Waals surface area contributed by atoms with Crippen LogP contribution in [-0.4, -0.2) is 58.3 Å². The number of carbonyl (C=O) groups is 2. The van der Waals surface area contributed by atoms with Crippen LogP contribution in [0, 0.1) is 0 Å². The van der Waals surface area contributed by atoms with Crippen molar-refractivity contribution in [2.75, 3.05) is 26.2 Å². The Hall–Kier alpha value is -1.69. The van der Waals surface area contributed by atoms with Crippen molar-refractivity contribution < 1.29 is 14.7 Å². The fourth-order valence-electron chi connectivity index (χ4n) is 2.64. The van der Waals surface area contributed by atoms with E-state index in [4.69, 9.17) is 5.11 Å². The molecule has 2 amide bonds. The molecule has 1 N–H and O–H groups in total. The molecule has 0 spiro atoms. The minimum absolute atomic E-state index is 0.116. The second-order valence-corrected chi connectivity index (χ2v) is 6.82. The lowest BCUT2D eigenvalue weighted by atomic mass is 10.2. The zero-order chi connectivity index (χ0) is 14.8. The maximum absolute atomic E-state index is 12.2. The molecule has 6 heteroatoms. The highest BCUT2D eigenvalue weighted by Crippen LogP contribution is 2.30. The molecule has 21 heavy (non-hydrogen) atoms. The third-order valence-corrected chi connectivity index (χ3v) is 5.09. The van der Waals surface area contributed by atoms with Crippen molar-refractivity contribution in [3.05, 3.63) is 29.8 Å². The van der Waals surface area contributed by atoms with Gasteiger partial charge in [-0.3, -0.25) is 4.79 Å². The number of rotatable bonds is 3. The molecule has 0 aromatic heterocycles. The van der Waals surface area contributed by atoms with E-state index in [2.05, 4.69) is 0 Å². The molecule has 0 radical (unpaired) electrons. The van der Waals surface area contributed by atoms with Gasteiger partial charge in [-0.25, -0.2) is 4.79 Å². The van der Waals surface area contributed by atoms with Crippen molar-refractivity contribution in [3.8, 4) is 0 Å². The largest absolute Gasteiger partial charge is 0.465 e. The van der Waals surface area contributed by atoms with Gasteiger partial charge in [0.2, 0.25) is 0 Å². The summed E-state index contributed by atoms with van der Waals surface area (Å²) in [4.78, 5) is 27.3. The molecule has 2 saturated heterocycles. The molecule has 0 atom stereocenters. The van der Waals surface area contributed by atoms with Gasteiger partial charge in [0, 0.05) is 41.9 Å². The molecule has 2 aliphatic rings. The summed E-state index contributed by atoms with van der Waals surface area (Å²) in [5.74, 6) is 0.116. The zero-order valence-corrected chi connectivity index (χ0v) is 12.5. The first-order chi connectivity index (χ1) is 10.1. The molecule has 1 aromatic rings. The molecule has 112 valence electrons. The standard InChI is InChI=1S/C15H18N2O3S/c18-14(16-7-1-2-8-16)11-3-5-12(6-4-11)21-13-9-17(10-13)15(19)20/h3-6,13H,1-2,7-10H2,(H,19,20). The van der Waals surface area contributed by atoms with Crippen LogP contribution in [0.15, 0.2) is 29.2 Å². The van der Waals surface area contributed by atoms with Crippen molar-refractivity contribution in [2.45, 2.75) is 23.0 Å². The third kappa shape index (κ3) is 3.15. The number of carbonyl (C=O) groups excluding carboxylic acids is 1. The minimum Gasteiger partial charge on any atom is -0.465 e. The van der Waals surface area contributed by atoms with E-state index >= 15 is 0 Å². The van der Waals surface area contributed by atoms with Gasteiger partial charge in [0.15, 0.2) is 0 Å². The summed E-state index contributed by atoms with van der Waals surface area (Å²) in [5.41, 5.74) is 0.738. The summed E-state index contributed by atoms with van der Waals surface area (Å²) in [7, 11) is 0. The molecule has 0 aliphatic carbocycles. The number of amides is 2. The smallest absolute Gasteiger partial charge is 0.407 e. The van der Waals surface area contributed by atoms with E-state index in [1.54, 1.807) is 11.8 Å². The second kappa shape index (κ2) is 5.97. The van der Waals surface area contributed by atoms with Crippen LogP contribution in [0.1, 0.15) is 23.2 Å². The highest BCUT2D eigenvalue weighted by molar-refractivity contribution is 8.00. The van der Waals surface area contributed by atoms with E-state index in [9.17, 15) is 9.59 Å². The van der Waals surface area contributed by atoms with Gasteiger partial charge >= 0.3 is 6.09 Å². The Labute approximate surface area is 127 Å². The Balaban J connectivity index is 1.55. The molecule has 5 nitrogen and oxygen atoms in total. The number of likely N-dealkylation sites (tertiary alicyclic amines) is 2. The average molecular weight is 306 g/mol. The van der Waals surface area contributed by atoms with Crippen molar-refractivity contribution >= 4 is 23.8 Å². The predicted octanol–water partition coefficient (Wildman–Crippen LogP) is 2.38. The molecular weight excluding hydrogens is 288 g/mol. The summed E-state index contributed by atoms with van der Waals surface area (Å²) in [6.45, 7) is 2.88. The molecule has 3 rings (SSSR count). The Morgan fingerprint density at radius 3 is 2.24 bits per heavy atom. The Kier molecular flexibility index (Phi) is 4.05. The van der Waals surface area contributed by atoms with Crippen molar-refractivity contribution in [1.29, 1.82) is 0 Å². The topological polar surface area (TPSA) is 60.9 Å². The molecule has 2 heterocycles. The highest BCUT2D eigenvalue weighted by atomic mass is 32.2. The average Bonchev–Trinajstić information content (AvgIpc) is 2.96. The van der Waals surface area contributed by atoms with Gasteiger partial charge in [0.1, 0.15) is 0 Å². The maximum atomic E-state index is 12.2. The molecule has 0 bridgehead atoms. The van der Waals surface area contributed by atoms with Crippen LogP contribution in [0.2, 0.25) is 0 Å². The summed E-state index contributed by atoms with van der Waals surface area (Å²) in [6.07, 6.45) is 1.35. The van der Waals surface area contributed by atoms with Crippen LogP contribution < -0.4 is 0 Å². The number of hydrogen-bond acceptors (Lipinski definition) is 3. The Morgan fingerprint density at radius 1 is 1.05 bits per heavy atom. The lowest BCUT2D eigenvalue weighted by Gasteiger charge is -2.36. The van der Waals surface area contributed by atoms with E-state index in [0.717, 1.165) is 36.4 Å². The minimum atomic E-state index is -0.849. The van der Waals surface area contributed by atoms with E-state index in [1.807, 2.05) is 29.2 Å². The van der Waals surface area contributed by atoms with E-state index in [-0.39, 0.29) is 5.91 Å². The number of nitrogens with zero attached hydrogens (tertiary/aromatic N) is 2. The van der Waals surface area contributed by atoms with Crippen LogP contribution in [0.5, 0.6) is 0 Å². The molecule has 0 unspecified atom stereocenters. The predicted molar refractivity (Wildman–Crippen MR) is 80.8 cm³/mol. The van der Waals surface area contributed by atoms with Crippen molar-refractivity contribution in [2.24, 2.45) is 0 Å². The van der Waals surface area contributed by atoms with E-state index in [1.165, 1.54) is 4.90 Å². The fraction of sp³-hybridized carbons (Fsp3) is 0.467. The van der Waals surface area contributed by atoms with Crippen LogP contribution in [-0.2, 0) is 0 Å².